The predicted octanol–water partition coefficient (Wildman–Crippen LogP) is 1.32. The highest BCUT2D eigenvalue weighted by Gasteiger charge is 2.23. The maximum Gasteiger partial charge on any atom is 0.246 e. The molecule has 0 atom stereocenters. The van der Waals surface area contributed by atoms with Crippen LogP contribution in [0.25, 0.3) is 10.7 Å². The third kappa shape index (κ3) is 5.05. The van der Waals surface area contributed by atoms with Crippen LogP contribution in [0.4, 0.5) is 10.1 Å². The van der Waals surface area contributed by atoms with Crippen molar-refractivity contribution in [2.75, 3.05) is 38.0 Å². The van der Waals surface area contributed by atoms with Gasteiger partial charge in [-0.3, -0.25) is 14.5 Å². The summed E-state index contributed by atoms with van der Waals surface area (Å²) in [6.07, 6.45) is 0. The number of halogens is 1. The van der Waals surface area contributed by atoms with Gasteiger partial charge in [0.05, 0.1) is 11.4 Å². The number of aromatic nitrogens is 4. The monoisotopic (exact) mass is 429 g/mol. The summed E-state index contributed by atoms with van der Waals surface area (Å²) in [5.41, 5.74) is 0.553. The molecule has 4 rings (SSSR count). The lowest BCUT2D eigenvalue weighted by atomic mass is 10.3. The van der Waals surface area contributed by atoms with Crippen molar-refractivity contribution in [3.63, 3.8) is 0 Å². The molecule has 1 fully saturated rings. The number of carbonyl (C=O) groups excluding carboxylic acids is 2. The van der Waals surface area contributed by atoms with E-state index in [9.17, 15) is 14.0 Å². The van der Waals surface area contributed by atoms with Crippen molar-refractivity contribution in [2.45, 2.75) is 6.54 Å². The van der Waals surface area contributed by atoms with Crippen molar-refractivity contribution in [2.24, 2.45) is 0 Å². The Morgan fingerprint density at radius 2 is 1.83 bits per heavy atom. The highest BCUT2D eigenvalue weighted by Crippen LogP contribution is 2.19. The Bertz CT molecular complexity index is 998. The number of hydrogen-bond acceptors (Lipinski definition) is 7. The molecule has 30 heavy (non-hydrogen) atoms. The first kappa shape index (κ1) is 20.1. The fourth-order valence-corrected chi connectivity index (χ4v) is 3.78. The van der Waals surface area contributed by atoms with E-state index in [1.807, 2.05) is 22.4 Å². The van der Waals surface area contributed by atoms with Gasteiger partial charge in [-0.25, -0.2) is 4.39 Å². The minimum absolute atomic E-state index is 0.0312. The average molecular weight is 429 g/mol. The van der Waals surface area contributed by atoms with E-state index in [4.69, 9.17) is 0 Å². The topological polar surface area (TPSA) is 96.3 Å². The maximum absolute atomic E-state index is 12.9. The van der Waals surface area contributed by atoms with E-state index in [-0.39, 0.29) is 30.7 Å². The number of nitrogens with one attached hydrogen (secondary N) is 1. The smallest absolute Gasteiger partial charge is 0.246 e. The van der Waals surface area contributed by atoms with Crippen LogP contribution in [0.5, 0.6) is 0 Å². The second-order valence-corrected chi connectivity index (χ2v) is 7.78. The summed E-state index contributed by atoms with van der Waals surface area (Å²) in [6.45, 7) is 2.48. The Morgan fingerprint density at radius 3 is 2.53 bits per heavy atom. The number of nitrogens with zero attached hydrogens (tertiary/aromatic N) is 6. The molecule has 3 aromatic rings. The van der Waals surface area contributed by atoms with Gasteiger partial charge in [-0.15, -0.1) is 21.5 Å². The first-order valence-corrected chi connectivity index (χ1v) is 10.3. The van der Waals surface area contributed by atoms with Crippen LogP contribution in [0.15, 0.2) is 41.8 Å². The fraction of sp³-hybridized carbons (Fsp3) is 0.316. The van der Waals surface area contributed by atoms with Crippen LogP contribution in [0.1, 0.15) is 0 Å². The van der Waals surface area contributed by atoms with Crippen LogP contribution in [-0.4, -0.2) is 74.5 Å². The van der Waals surface area contributed by atoms with E-state index >= 15 is 0 Å². The molecule has 1 aliphatic rings. The number of rotatable bonds is 6. The summed E-state index contributed by atoms with van der Waals surface area (Å²) in [6, 6.07) is 9.45. The van der Waals surface area contributed by atoms with E-state index in [1.165, 1.54) is 40.4 Å². The molecule has 0 unspecified atom stereocenters. The molecule has 0 spiro atoms. The molecule has 1 N–H and O–H groups in total. The van der Waals surface area contributed by atoms with Crippen LogP contribution in [0.2, 0.25) is 0 Å². The SMILES string of the molecule is O=C(CN1CCN(C(=O)Cn2nnc(-c3cccs3)n2)CC1)Nc1ccc(F)cc1. The molecule has 156 valence electrons. The third-order valence-electron chi connectivity index (χ3n) is 4.69. The Hall–Kier alpha value is -3.18. The number of tetrazole rings is 1. The number of carbonyl (C=O) groups is 2. The molecule has 0 aliphatic carbocycles. The van der Waals surface area contributed by atoms with E-state index in [1.54, 1.807) is 4.90 Å². The van der Waals surface area contributed by atoms with Crippen LogP contribution in [0, 0.1) is 5.82 Å². The van der Waals surface area contributed by atoms with Crippen LogP contribution < -0.4 is 5.32 Å². The van der Waals surface area contributed by atoms with Gasteiger partial charge in [0, 0.05) is 31.9 Å². The zero-order valence-electron chi connectivity index (χ0n) is 16.1. The second kappa shape index (κ2) is 9.09. The lowest BCUT2D eigenvalue weighted by molar-refractivity contribution is -0.134. The lowest BCUT2D eigenvalue weighted by Gasteiger charge is -2.34. The average Bonchev–Trinajstić information content (AvgIpc) is 3.42. The molecule has 11 heteroatoms. The highest BCUT2D eigenvalue weighted by molar-refractivity contribution is 7.13. The number of anilines is 1. The Balaban J connectivity index is 1.22. The van der Waals surface area contributed by atoms with E-state index in [2.05, 4.69) is 20.7 Å². The molecule has 1 aromatic carbocycles. The van der Waals surface area contributed by atoms with Gasteiger partial charge in [-0.2, -0.15) is 4.80 Å². The standard InChI is InChI=1S/C19H20FN7O2S/c20-14-3-5-15(6-4-14)21-17(28)12-25-7-9-26(10-8-25)18(29)13-27-23-19(22-24-27)16-2-1-11-30-16/h1-6,11H,7-10,12-13H2,(H,21,28). The predicted molar refractivity (Wildman–Crippen MR) is 109 cm³/mol. The molecule has 0 radical (unpaired) electrons. The number of hydrogen-bond donors (Lipinski definition) is 1. The maximum atomic E-state index is 12.9. The van der Waals surface area contributed by atoms with Crippen molar-refractivity contribution in [3.8, 4) is 10.7 Å². The number of amides is 2. The van der Waals surface area contributed by atoms with Gasteiger partial charge in [-0.1, -0.05) is 6.07 Å². The first-order chi connectivity index (χ1) is 14.6. The Kier molecular flexibility index (Phi) is 6.10. The molecule has 9 nitrogen and oxygen atoms in total. The molecule has 0 bridgehead atoms. The van der Waals surface area contributed by atoms with Crippen LogP contribution in [0.3, 0.4) is 0 Å². The van der Waals surface area contributed by atoms with Crippen molar-refractivity contribution in [1.29, 1.82) is 0 Å². The summed E-state index contributed by atoms with van der Waals surface area (Å²) >= 11 is 1.51. The summed E-state index contributed by atoms with van der Waals surface area (Å²) in [5, 5.41) is 16.9. The normalized spacial score (nSPS) is 14.6. The highest BCUT2D eigenvalue weighted by atomic mass is 32.1. The second-order valence-electron chi connectivity index (χ2n) is 6.83. The summed E-state index contributed by atoms with van der Waals surface area (Å²) in [4.78, 5) is 30.6. The molecule has 1 aliphatic heterocycles. The summed E-state index contributed by atoms with van der Waals surface area (Å²) in [5.74, 6) is -0.0951. The van der Waals surface area contributed by atoms with Crippen LogP contribution >= 0.6 is 11.3 Å². The van der Waals surface area contributed by atoms with Gasteiger partial charge >= 0.3 is 0 Å². The van der Waals surface area contributed by atoms with Crippen molar-refractivity contribution < 1.29 is 14.0 Å². The lowest BCUT2D eigenvalue weighted by Crippen LogP contribution is -2.51. The van der Waals surface area contributed by atoms with Gasteiger partial charge in [0.25, 0.3) is 0 Å². The number of piperazine rings is 1. The number of thiophene rings is 1. The van der Waals surface area contributed by atoms with Gasteiger partial charge in [-0.05, 0) is 40.9 Å². The number of benzene rings is 1. The van der Waals surface area contributed by atoms with E-state index in [0.717, 1.165) is 4.88 Å². The van der Waals surface area contributed by atoms with E-state index in [0.29, 0.717) is 37.7 Å². The summed E-state index contributed by atoms with van der Waals surface area (Å²) < 4.78 is 12.9. The van der Waals surface area contributed by atoms with Crippen molar-refractivity contribution >= 4 is 28.8 Å². The Morgan fingerprint density at radius 1 is 1.07 bits per heavy atom. The summed E-state index contributed by atoms with van der Waals surface area (Å²) in [7, 11) is 0. The Labute approximate surface area is 176 Å². The minimum Gasteiger partial charge on any atom is -0.338 e. The van der Waals surface area contributed by atoms with Gasteiger partial charge in [0.2, 0.25) is 17.6 Å². The molecular weight excluding hydrogens is 409 g/mol. The molecule has 2 aromatic heterocycles. The third-order valence-corrected chi connectivity index (χ3v) is 5.56. The zero-order chi connectivity index (χ0) is 20.9. The largest absolute Gasteiger partial charge is 0.338 e. The molecule has 1 saturated heterocycles. The van der Waals surface area contributed by atoms with Crippen LogP contribution in [-0.2, 0) is 16.1 Å². The van der Waals surface area contributed by atoms with Crippen molar-refractivity contribution in [1.82, 2.24) is 30.0 Å². The zero-order valence-corrected chi connectivity index (χ0v) is 16.9. The van der Waals surface area contributed by atoms with E-state index < -0.39 is 0 Å². The molecule has 2 amide bonds. The molecular formula is C19H20FN7O2S. The van der Waals surface area contributed by atoms with Gasteiger partial charge in [0.1, 0.15) is 12.4 Å². The molecule has 3 heterocycles. The first-order valence-electron chi connectivity index (χ1n) is 9.44. The quantitative estimate of drug-likeness (QED) is 0.635. The fourth-order valence-electron chi connectivity index (χ4n) is 3.13. The molecule has 0 saturated carbocycles. The minimum atomic E-state index is -0.349. The van der Waals surface area contributed by atoms with Crippen molar-refractivity contribution in [3.05, 3.63) is 47.6 Å². The van der Waals surface area contributed by atoms with Gasteiger partial charge in [0.15, 0.2) is 0 Å². The van der Waals surface area contributed by atoms with Gasteiger partial charge < -0.3 is 10.2 Å².